The third-order valence-corrected chi connectivity index (χ3v) is 3.68. The van der Waals surface area contributed by atoms with Gasteiger partial charge in [0.05, 0.1) is 25.7 Å². The summed E-state index contributed by atoms with van der Waals surface area (Å²) in [5.74, 6) is -0.522. The van der Waals surface area contributed by atoms with Crippen LogP contribution in [0.25, 0.3) is 0 Å². The zero-order valence-electron chi connectivity index (χ0n) is 14.8. The van der Waals surface area contributed by atoms with Gasteiger partial charge in [0, 0.05) is 5.56 Å². The van der Waals surface area contributed by atoms with Crippen molar-refractivity contribution in [3.63, 3.8) is 0 Å². The molecule has 2 aromatic carbocycles. The van der Waals surface area contributed by atoms with Crippen LogP contribution < -0.4 is 10.1 Å². The predicted octanol–water partition coefficient (Wildman–Crippen LogP) is 3.65. The molecule has 1 amide bonds. The molecule has 1 N–H and O–H groups in total. The molecule has 0 unspecified atom stereocenters. The third-order valence-electron chi connectivity index (χ3n) is 3.68. The zero-order chi connectivity index (χ0) is 18.9. The highest BCUT2D eigenvalue weighted by atomic mass is 19.1. The van der Waals surface area contributed by atoms with Crippen molar-refractivity contribution in [2.24, 2.45) is 0 Å². The van der Waals surface area contributed by atoms with Crippen LogP contribution in [0.5, 0.6) is 5.75 Å². The van der Waals surface area contributed by atoms with Crippen molar-refractivity contribution in [3.05, 3.63) is 65.5 Å². The first-order valence-corrected chi connectivity index (χ1v) is 8.48. The molecule has 0 saturated carbocycles. The van der Waals surface area contributed by atoms with Crippen molar-refractivity contribution >= 4 is 11.9 Å². The number of nitrogens with one attached hydrogen (secondary N) is 1. The van der Waals surface area contributed by atoms with Crippen molar-refractivity contribution in [1.82, 2.24) is 5.32 Å². The molecule has 0 fully saturated rings. The molecule has 0 heterocycles. The molecule has 0 radical (unpaired) electrons. The van der Waals surface area contributed by atoms with Gasteiger partial charge in [-0.15, -0.1) is 0 Å². The molecule has 0 aliphatic carbocycles. The van der Waals surface area contributed by atoms with Gasteiger partial charge in [-0.2, -0.15) is 0 Å². The van der Waals surface area contributed by atoms with Gasteiger partial charge in [0.15, 0.2) is 0 Å². The van der Waals surface area contributed by atoms with E-state index in [2.05, 4.69) is 5.32 Å². The molecule has 2 rings (SSSR count). The van der Waals surface area contributed by atoms with E-state index in [1.165, 1.54) is 24.3 Å². The van der Waals surface area contributed by atoms with Crippen LogP contribution in [0.15, 0.2) is 48.5 Å². The maximum Gasteiger partial charge on any atom is 0.308 e. The van der Waals surface area contributed by atoms with E-state index < -0.39 is 23.7 Å². The molecule has 6 heteroatoms. The van der Waals surface area contributed by atoms with Crippen LogP contribution in [0.2, 0.25) is 0 Å². The van der Waals surface area contributed by atoms with Crippen molar-refractivity contribution in [3.8, 4) is 5.75 Å². The highest BCUT2D eigenvalue weighted by Crippen LogP contribution is 2.22. The lowest BCUT2D eigenvalue weighted by Crippen LogP contribution is -2.30. The van der Waals surface area contributed by atoms with Crippen molar-refractivity contribution < 1.29 is 23.5 Å². The number of ether oxygens (including phenoxy) is 2. The van der Waals surface area contributed by atoms with Crippen LogP contribution in [-0.2, 0) is 9.53 Å². The first-order valence-electron chi connectivity index (χ1n) is 8.48. The molecule has 0 aliphatic heterocycles. The van der Waals surface area contributed by atoms with Crippen LogP contribution in [-0.4, -0.2) is 25.1 Å². The summed E-state index contributed by atoms with van der Waals surface area (Å²) in [4.78, 5) is 24.3. The number of benzene rings is 2. The average Bonchev–Trinajstić information content (AvgIpc) is 2.63. The standard InChI is InChI=1S/C20H22FNO4/c1-3-25-17-11-7-14(8-12-17)18(13-19(23)26-4-2)22-20(24)15-5-9-16(21)10-6-15/h5-12,18H,3-4,13H2,1-2H3,(H,22,24)/t18-/m1/s1. The quantitative estimate of drug-likeness (QED) is 0.731. The molecule has 0 aliphatic rings. The molecule has 0 aromatic heterocycles. The Morgan fingerprint density at radius 2 is 1.65 bits per heavy atom. The minimum absolute atomic E-state index is 0.00520. The van der Waals surface area contributed by atoms with Gasteiger partial charge in [-0.25, -0.2) is 4.39 Å². The summed E-state index contributed by atoms with van der Waals surface area (Å²) >= 11 is 0. The number of halogens is 1. The molecule has 0 saturated heterocycles. The summed E-state index contributed by atoms with van der Waals surface area (Å²) in [6.07, 6.45) is -0.00520. The number of carbonyl (C=O) groups excluding carboxylic acids is 2. The smallest absolute Gasteiger partial charge is 0.308 e. The average molecular weight is 359 g/mol. The second kappa shape index (κ2) is 9.56. The van der Waals surface area contributed by atoms with E-state index in [0.717, 1.165) is 5.56 Å². The van der Waals surface area contributed by atoms with E-state index in [1.807, 2.05) is 6.92 Å². The Balaban J connectivity index is 2.18. The Labute approximate surface area is 152 Å². The Hall–Kier alpha value is -2.89. The SMILES string of the molecule is CCOC(=O)C[C@@H](NC(=O)c1ccc(F)cc1)c1ccc(OCC)cc1. The molecule has 0 bridgehead atoms. The lowest BCUT2D eigenvalue weighted by atomic mass is 10.0. The summed E-state index contributed by atoms with van der Waals surface area (Å²) in [5.41, 5.74) is 1.06. The van der Waals surface area contributed by atoms with Crippen molar-refractivity contribution in [2.45, 2.75) is 26.3 Å². The number of amides is 1. The second-order valence-corrected chi connectivity index (χ2v) is 5.54. The highest BCUT2D eigenvalue weighted by Gasteiger charge is 2.20. The largest absolute Gasteiger partial charge is 0.494 e. The number of rotatable bonds is 8. The van der Waals surface area contributed by atoms with Crippen LogP contribution in [0.3, 0.4) is 0 Å². The van der Waals surface area contributed by atoms with E-state index in [-0.39, 0.29) is 13.0 Å². The first-order chi connectivity index (χ1) is 12.5. The maximum absolute atomic E-state index is 13.0. The molecule has 138 valence electrons. The molecule has 0 spiro atoms. The number of hydrogen-bond acceptors (Lipinski definition) is 4. The molecular formula is C20H22FNO4. The van der Waals surface area contributed by atoms with Gasteiger partial charge in [-0.3, -0.25) is 9.59 Å². The van der Waals surface area contributed by atoms with Crippen LogP contribution >= 0.6 is 0 Å². The van der Waals surface area contributed by atoms with Crippen molar-refractivity contribution in [1.29, 1.82) is 0 Å². The zero-order valence-corrected chi connectivity index (χ0v) is 14.8. The summed E-state index contributed by atoms with van der Waals surface area (Å²) in [5, 5.41) is 2.81. The molecule has 5 nitrogen and oxygen atoms in total. The Bertz CT molecular complexity index is 728. The molecular weight excluding hydrogens is 337 g/mol. The number of hydrogen-bond donors (Lipinski definition) is 1. The Kier molecular flexibility index (Phi) is 7.14. The Morgan fingerprint density at radius 1 is 1.00 bits per heavy atom. The van der Waals surface area contributed by atoms with Crippen molar-refractivity contribution in [2.75, 3.05) is 13.2 Å². The van der Waals surface area contributed by atoms with Gasteiger partial charge in [0.1, 0.15) is 11.6 Å². The summed E-state index contributed by atoms with van der Waals surface area (Å²) < 4.78 is 23.4. The summed E-state index contributed by atoms with van der Waals surface area (Å²) in [6.45, 7) is 4.43. The lowest BCUT2D eigenvalue weighted by molar-refractivity contribution is -0.143. The highest BCUT2D eigenvalue weighted by molar-refractivity contribution is 5.94. The monoisotopic (exact) mass is 359 g/mol. The second-order valence-electron chi connectivity index (χ2n) is 5.54. The van der Waals surface area contributed by atoms with Gasteiger partial charge in [0.2, 0.25) is 0 Å². The number of esters is 1. The van der Waals surface area contributed by atoms with Gasteiger partial charge >= 0.3 is 5.97 Å². The fourth-order valence-corrected chi connectivity index (χ4v) is 2.44. The topological polar surface area (TPSA) is 64.6 Å². The van der Waals surface area contributed by atoms with E-state index in [0.29, 0.717) is 17.9 Å². The van der Waals surface area contributed by atoms with E-state index in [4.69, 9.17) is 9.47 Å². The first kappa shape index (κ1) is 19.4. The van der Waals surface area contributed by atoms with Crippen LogP contribution in [0, 0.1) is 5.82 Å². The summed E-state index contributed by atoms with van der Waals surface area (Å²) in [6, 6.07) is 11.8. The normalized spacial score (nSPS) is 11.5. The van der Waals surface area contributed by atoms with E-state index in [9.17, 15) is 14.0 Å². The fourth-order valence-electron chi connectivity index (χ4n) is 2.44. The predicted molar refractivity (Wildman–Crippen MR) is 95.5 cm³/mol. The number of carbonyl (C=O) groups is 2. The van der Waals surface area contributed by atoms with Gasteiger partial charge in [-0.05, 0) is 55.8 Å². The fraction of sp³-hybridized carbons (Fsp3) is 0.300. The van der Waals surface area contributed by atoms with E-state index in [1.54, 1.807) is 31.2 Å². The lowest BCUT2D eigenvalue weighted by Gasteiger charge is -2.19. The molecule has 26 heavy (non-hydrogen) atoms. The maximum atomic E-state index is 13.0. The Morgan fingerprint density at radius 3 is 2.23 bits per heavy atom. The molecule has 2 aromatic rings. The van der Waals surface area contributed by atoms with E-state index >= 15 is 0 Å². The third kappa shape index (κ3) is 5.58. The molecule has 1 atom stereocenters. The van der Waals surface area contributed by atoms with Gasteiger partial charge in [-0.1, -0.05) is 12.1 Å². The van der Waals surface area contributed by atoms with Crippen LogP contribution in [0.1, 0.15) is 42.2 Å². The van der Waals surface area contributed by atoms with Crippen LogP contribution in [0.4, 0.5) is 4.39 Å². The van der Waals surface area contributed by atoms with Gasteiger partial charge in [0.25, 0.3) is 5.91 Å². The van der Waals surface area contributed by atoms with Gasteiger partial charge < -0.3 is 14.8 Å². The summed E-state index contributed by atoms with van der Waals surface area (Å²) in [7, 11) is 0. The minimum atomic E-state index is -0.567. The minimum Gasteiger partial charge on any atom is -0.494 e.